The highest BCUT2D eigenvalue weighted by molar-refractivity contribution is 7.15. The lowest BCUT2D eigenvalue weighted by molar-refractivity contribution is -0.127. The number of hydrogen-bond acceptors (Lipinski definition) is 4. The number of fused-ring (bicyclic) bond motifs is 1. The van der Waals surface area contributed by atoms with E-state index in [2.05, 4.69) is 5.32 Å². The smallest absolute Gasteiger partial charge is 0.345 e. The number of rotatable bonds is 2. The second-order valence-corrected chi connectivity index (χ2v) is 6.51. The van der Waals surface area contributed by atoms with Crippen molar-refractivity contribution in [3.05, 3.63) is 21.9 Å². The molecule has 0 aromatic carbocycles. The van der Waals surface area contributed by atoms with Gasteiger partial charge in [-0.15, -0.1) is 11.3 Å². The minimum absolute atomic E-state index is 0.0272. The summed E-state index contributed by atoms with van der Waals surface area (Å²) in [4.78, 5) is 37.4. The van der Waals surface area contributed by atoms with Crippen LogP contribution in [0.4, 0.5) is 0 Å². The summed E-state index contributed by atoms with van der Waals surface area (Å²) in [6.45, 7) is 0.0559. The highest BCUT2D eigenvalue weighted by Gasteiger charge is 2.39. The number of carbonyl (C=O) groups is 3. The average Bonchev–Trinajstić information content (AvgIpc) is 2.95. The molecule has 1 aromatic heterocycles. The van der Waals surface area contributed by atoms with Crippen LogP contribution in [0.25, 0.3) is 0 Å². The second-order valence-electron chi connectivity index (χ2n) is 5.43. The van der Waals surface area contributed by atoms with Gasteiger partial charge in [0.15, 0.2) is 0 Å². The molecule has 0 radical (unpaired) electrons. The SMILES string of the molecule is O=C1CN(C(=O)c2ccc(C(=O)O)s2)[C@@H]2CCCC[C@H]2N1. The number of nitrogens with one attached hydrogen (secondary N) is 1. The molecule has 112 valence electrons. The molecule has 0 spiro atoms. The zero-order valence-electron chi connectivity index (χ0n) is 11.4. The fourth-order valence-corrected chi connectivity index (χ4v) is 3.91. The van der Waals surface area contributed by atoms with Gasteiger partial charge in [0.1, 0.15) is 11.4 Å². The molecule has 6 nitrogen and oxygen atoms in total. The molecular formula is C14H16N2O4S. The lowest BCUT2D eigenvalue weighted by Gasteiger charge is -2.43. The van der Waals surface area contributed by atoms with E-state index in [1.54, 1.807) is 4.90 Å². The molecule has 0 unspecified atom stereocenters. The van der Waals surface area contributed by atoms with E-state index in [1.165, 1.54) is 12.1 Å². The fourth-order valence-electron chi connectivity index (χ4n) is 3.11. The van der Waals surface area contributed by atoms with Crippen LogP contribution < -0.4 is 5.32 Å². The Labute approximate surface area is 125 Å². The minimum atomic E-state index is -1.04. The van der Waals surface area contributed by atoms with Crippen molar-refractivity contribution >= 4 is 29.1 Å². The number of nitrogens with zero attached hydrogens (tertiary/aromatic N) is 1. The first-order valence-electron chi connectivity index (χ1n) is 7.00. The van der Waals surface area contributed by atoms with Gasteiger partial charge in [-0.3, -0.25) is 9.59 Å². The van der Waals surface area contributed by atoms with Gasteiger partial charge in [-0.05, 0) is 25.0 Å². The average molecular weight is 308 g/mol. The van der Waals surface area contributed by atoms with Crippen LogP contribution >= 0.6 is 11.3 Å². The monoisotopic (exact) mass is 308 g/mol. The molecule has 0 bridgehead atoms. The number of carboxylic acids is 1. The third-order valence-electron chi connectivity index (χ3n) is 4.08. The van der Waals surface area contributed by atoms with E-state index in [4.69, 9.17) is 5.11 Å². The lowest BCUT2D eigenvalue weighted by atomic mass is 9.87. The summed E-state index contributed by atoms with van der Waals surface area (Å²) in [5.74, 6) is -1.41. The van der Waals surface area contributed by atoms with Crippen molar-refractivity contribution in [1.29, 1.82) is 0 Å². The van der Waals surface area contributed by atoms with Crippen molar-refractivity contribution in [1.82, 2.24) is 10.2 Å². The summed E-state index contributed by atoms with van der Waals surface area (Å²) in [7, 11) is 0. The van der Waals surface area contributed by atoms with Crippen molar-refractivity contribution in [2.75, 3.05) is 6.54 Å². The molecule has 2 fully saturated rings. The maximum absolute atomic E-state index is 12.6. The largest absolute Gasteiger partial charge is 0.477 e. The van der Waals surface area contributed by atoms with Crippen LogP contribution in [0.1, 0.15) is 45.0 Å². The number of aromatic carboxylic acids is 1. The molecule has 1 aliphatic heterocycles. The van der Waals surface area contributed by atoms with Crippen LogP contribution in [0.15, 0.2) is 12.1 Å². The quantitative estimate of drug-likeness (QED) is 0.863. The van der Waals surface area contributed by atoms with Gasteiger partial charge in [-0.1, -0.05) is 12.8 Å². The van der Waals surface area contributed by atoms with Gasteiger partial charge in [0.25, 0.3) is 5.91 Å². The number of piperazine rings is 1. The molecule has 21 heavy (non-hydrogen) atoms. The minimum Gasteiger partial charge on any atom is -0.477 e. The van der Waals surface area contributed by atoms with Crippen LogP contribution in [0.2, 0.25) is 0 Å². The van der Waals surface area contributed by atoms with E-state index >= 15 is 0 Å². The number of thiophene rings is 1. The molecule has 2 aliphatic rings. The molecule has 1 aromatic rings. The molecular weight excluding hydrogens is 292 g/mol. The third-order valence-corrected chi connectivity index (χ3v) is 5.14. The third kappa shape index (κ3) is 2.65. The van der Waals surface area contributed by atoms with E-state index in [9.17, 15) is 14.4 Å². The van der Waals surface area contributed by atoms with Crippen molar-refractivity contribution in [3.63, 3.8) is 0 Å². The van der Waals surface area contributed by atoms with E-state index < -0.39 is 5.97 Å². The molecule has 2 N–H and O–H groups in total. The van der Waals surface area contributed by atoms with E-state index in [0.29, 0.717) is 4.88 Å². The normalized spacial score (nSPS) is 25.1. The molecule has 2 heterocycles. The van der Waals surface area contributed by atoms with Gasteiger partial charge in [-0.25, -0.2) is 4.79 Å². The number of carbonyl (C=O) groups excluding carboxylic acids is 2. The summed E-state index contributed by atoms with van der Waals surface area (Å²) in [5, 5.41) is 11.9. The summed E-state index contributed by atoms with van der Waals surface area (Å²) in [6.07, 6.45) is 3.89. The Morgan fingerprint density at radius 1 is 1.24 bits per heavy atom. The topological polar surface area (TPSA) is 86.7 Å². The van der Waals surface area contributed by atoms with E-state index in [-0.39, 0.29) is 35.3 Å². The molecule has 1 saturated carbocycles. The van der Waals surface area contributed by atoms with Gasteiger partial charge in [-0.2, -0.15) is 0 Å². The molecule has 3 rings (SSSR count). The maximum Gasteiger partial charge on any atom is 0.345 e. The Hall–Kier alpha value is -1.89. The van der Waals surface area contributed by atoms with Crippen molar-refractivity contribution < 1.29 is 19.5 Å². The first kappa shape index (κ1) is 14.1. The predicted molar refractivity (Wildman–Crippen MR) is 76.5 cm³/mol. The standard InChI is InChI=1S/C14H16N2O4S/c17-12-7-16(9-4-2-1-3-8(9)15-12)13(18)10-5-6-11(21-10)14(19)20/h5-6,8-9H,1-4,7H2,(H,15,17)(H,19,20)/t8-,9-/m1/s1. The number of amides is 2. The molecule has 2 atom stereocenters. The van der Waals surface area contributed by atoms with Gasteiger partial charge in [0, 0.05) is 6.04 Å². The first-order chi connectivity index (χ1) is 10.1. The number of carboxylic acid groups (broad SMARTS) is 1. The van der Waals surface area contributed by atoms with Gasteiger partial charge >= 0.3 is 5.97 Å². The predicted octanol–water partition coefficient (Wildman–Crippen LogP) is 1.33. The summed E-state index contributed by atoms with van der Waals surface area (Å²) < 4.78 is 0. The van der Waals surface area contributed by atoms with Gasteiger partial charge in [0.2, 0.25) is 5.91 Å². The lowest BCUT2D eigenvalue weighted by Crippen LogP contribution is -2.62. The number of hydrogen-bond donors (Lipinski definition) is 2. The zero-order valence-corrected chi connectivity index (χ0v) is 12.2. The zero-order chi connectivity index (χ0) is 15.0. The fraction of sp³-hybridized carbons (Fsp3) is 0.500. The Kier molecular flexibility index (Phi) is 3.67. The van der Waals surface area contributed by atoms with Crippen molar-refractivity contribution in [2.45, 2.75) is 37.8 Å². The Bertz CT molecular complexity index is 598. The Balaban J connectivity index is 1.84. The Morgan fingerprint density at radius 3 is 2.67 bits per heavy atom. The van der Waals surface area contributed by atoms with E-state index in [0.717, 1.165) is 37.0 Å². The molecule has 1 aliphatic carbocycles. The summed E-state index contributed by atoms with van der Waals surface area (Å²) in [5.41, 5.74) is 0. The van der Waals surface area contributed by atoms with Crippen LogP contribution in [0, 0.1) is 0 Å². The summed E-state index contributed by atoms with van der Waals surface area (Å²) >= 11 is 0.961. The van der Waals surface area contributed by atoms with Crippen LogP contribution in [0.5, 0.6) is 0 Å². The summed E-state index contributed by atoms with van der Waals surface area (Å²) in [6, 6.07) is 3.02. The molecule has 7 heteroatoms. The van der Waals surface area contributed by atoms with Crippen LogP contribution in [-0.4, -0.2) is 46.4 Å². The highest BCUT2D eigenvalue weighted by atomic mass is 32.1. The maximum atomic E-state index is 12.6. The van der Waals surface area contributed by atoms with E-state index in [1.807, 2.05) is 0 Å². The van der Waals surface area contributed by atoms with Crippen LogP contribution in [-0.2, 0) is 4.79 Å². The molecule has 2 amide bonds. The van der Waals surface area contributed by atoms with Crippen LogP contribution in [0.3, 0.4) is 0 Å². The van der Waals surface area contributed by atoms with Crippen molar-refractivity contribution in [3.8, 4) is 0 Å². The highest BCUT2D eigenvalue weighted by Crippen LogP contribution is 2.28. The second kappa shape index (κ2) is 5.48. The molecule has 1 saturated heterocycles. The van der Waals surface area contributed by atoms with Gasteiger partial charge < -0.3 is 15.3 Å². The Morgan fingerprint density at radius 2 is 1.95 bits per heavy atom. The van der Waals surface area contributed by atoms with Gasteiger partial charge in [0.05, 0.1) is 10.9 Å². The van der Waals surface area contributed by atoms with Crippen molar-refractivity contribution in [2.24, 2.45) is 0 Å². The first-order valence-corrected chi connectivity index (χ1v) is 7.81.